The van der Waals surface area contributed by atoms with Crippen LogP contribution in [-0.4, -0.2) is 38.0 Å². The number of amides is 1. The molecule has 0 aliphatic heterocycles. The zero-order chi connectivity index (χ0) is 24.2. The third kappa shape index (κ3) is 4.93. The topological polar surface area (TPSA) is 81.9 Å². The van der Waals surface area contributed by atoms with Gasteiger partial charge in [0.25, 0.3) is 0 Å². The van der Waals surface area contributed by atoms with Crippen molar-refractivity contribution in [2.75, 3.05) is 7.11 Å². The lowest BCUT2D eigenvalue weighted by Gasteiger charge is -2.27. The molecule has 1 N–H and O–H groups in total. The smallest absolute Gasteiger partial charge is 0.233 e. The second kappa shape index (κ2) is 10.3. The van der Waals surface area contributed by atoms with Crippen LogP contribution >= 0.6 is 11.8 Å². The monoisotopic (exact) mass is 485 g/mol. The number of methoxy groups -OCH3 is 1. The molecule has 7 nitrogen and oxygen atoms in total. The number of aryl methyl sites for hydroxylation is 1. The van der Waals surface area contributed by atoms with Gasteiger partial charge in [-0.2, -0.15) is 0 Å². The maximum absolute atomic E-state index is 13.2. The van der Waals surface area contributed by atoms with Crippen molar-refractivity contribution in [2.45, 2.75) is 42.6 Å². The number of aromatic nitrogens is 4. The predicted molar refractivity (Wildman–Crippen MR) is 137 cm³/mol. The molecule has 0 saturated carbocycles. The second-order valence-electron chi connectivity index (χ2n) is 8.49. The molecule has 0 fully saturated rings. The van der Waals surface area contributed by atoms with E-state index in [9.17, 15) is 4.79 Å². The number of nitrogens with one attached hydrogen (secondary N) is 1. The van der Waals surface area contributed by atoms with Crippen molar-refractivity contribution in [1.82, 2.24) is 25.1 Å². The van der Waals surface area contributed by atoms with Crippen LogP contribution in [0.15, 0.2) is 78.2 Å². The van der Waals surface area contributed by atoms with Crippen LogP contribution in [0.25, 0.3) is 17.1 Å². The summed E-state index contributed by atoms with van der Waals surface area (Å²) in [4.78, 5) is 17.3. The molecule has 178 valence electrons. The van der Waals surface area contributed by atoms with Gasteiger partial charge >= 0.3 is 0 Å². The van der Waals surface area contributed by atoms with E-state index in [-0.39, 0.29) is 17.2 Å². The van der Waals surface area contributed by atoms with E-state index in [0.717, 1.165) is 36.3 Å². The fourth-order valence-corrected chi connectivity index (χ4v) is 5.28. The van der Waals surface area contributed by atoms with Crippen molar-refractivity contribution >= 4 is 17.7 Å². The minimum absolute atomic E-state index is 0.00792. The van der Waals surface area contributed by atoms with Crippen molar-refractivity contribution in [3.05, 3.63) is 84.2 Å². The summed E-state index contributed by atoms with van der Waals surface area (Å²) in [5.74, 6) is 1.45. The Bertz CT molecular complexity index is 1310. The molecule has 2 aromatic carbocycles. The highest BCUT2D eigenvalue weighted by atomic mass is 32.2. The number of hydrogen-bond donors (Lipinski definition) is 1. The number of rotatable bonds is 7. The molecule has 0 radical (unpaired) electrons. The molecule has 1 aliphatic carbocycles. The number of fused-ring (bicyclic) bond motifs is 1. The standard InChI is InChI=1S/C27H27N5O2S/c1-18(26(33)29-24-9-5-7-19-6-3-4-8-23(19)24)35-27-31-30-25(20-14-16-28-17-15-20)32(27)21-10-12-22(34-2)13-11-21/h3-4,6,8,10-18,24H,5,7,9H2,1-2H3,(H,29,33). The van der Waals surface area contributed by atoms with Crippen LogP contribution in [-0.2, 0) is 11.2 Å². The molecule has 2 atom stereocenters. The van der Waals surface area contributed by atoms with Crippen molar-refractivity contribution in [3.8, 4) is 22.8 Å². The maximum Gasteiger partial charge on any atom is 0.233 e. The Kier molecular flexibility index (Phi) is 6.81. The minimum Gasteiger partial charge on any atom is -0.497 e. The summed E-state index contributed by atoms with van der Waals surface area (Å²) < 4.78 is 7.29. The number of carbonyl (C=O) groups is 1. The molecule has 2 aromatic heterocycles. The summed E-state index contributed by atoms with van der Waals surface area (Å²) in [7, 11) is 1.64. The van der Waals surface area contributed by atoms with Gasteiger partial charge < -0.3 is 10.1 Å². The molecule has 2 unspecified atom stereocenters. The fourth-order valence-electron chi connectivity index (χ4n) is 4.40. The van der Waals surface area contributed by atoms with Crippen LogP contribution in [0.5, 0.6) is 5.75 Å². The zero-order valence-electron chi connectivity index (χ0n) is 19.7. The molecule has 35 heavy (non-hydrogen) atoms. The van der Waals surface area contributed by atoms with Crippen LogP contribution in [0, 0.1) is 0 Å². The molecule has 5 rings (SSSR count). The van der Waals surface area contributed by atoms with Crippen molar-refractivity contribution in [1.29, 1.82) is 0 Å². The van der Waals surface area contributed by atoms with Crippen molar-refractivity contribution < 1.29 is 9.53 Å². The summed E-state index contributed by atoms with van der Waals surface area (Å²) in [6.45, 7) is 1.91. The average molecular weight is 486 g/mol. The Labute approximate surface area is 209 Å². The largest absolute Gasteiger partial charge is 0.497 e. The van der Waals surface area contributed by atoms with Gasteiger partial charge in [-0.3, -0.25) is 14.3 Å². The van der Waals surface area contributed by atoms with Gasteiger partial charge in [-0.05, 0) is 73.7 Å². The van der Waals surface area contributed by atoms with Gasteiger partial charge in [0.1, 0.15) is 5.75 Å². The summed E-state index contributed by atoms with van der Waals surface area (Å²) in [6, 6.07) is 19.9. The Hall–Kier alpha value is -3.65. The van der Waals surface area contributed by atoms with Crippen LogP contribution < -0.4 is 10.1 Å². The van der Waals surface area contributed by atoms with E-state index in [2.05, 4.69) is 38.7 Å². The van der Waals surface area contributed by atoms with Gasteiger partial charge in [0.15, 0.2) is 11.0 Å². The van der Waals surface area contributed by atoms with Gasteiger partial charge in [0, 0.05) is 23.6 Å². The highest BCUT2D eigenvalue weighted by molar-refractivity contribution is 8.00. The first-order valence-corrected chi connectivity index (χ1v) is 12.6. The molecule has 0 spiro atoms. The zero-order valence-corrected chi connectivity index (χ0v) is 20.5. The fraction of sp³-hybridized carbons (Fsp3) is 0.259. The maximum atomic E-state index is 13.2. The van der Waals surface area contributed by atoms with Crippen molar-refractivity contribution in [3.63, 3.8) is 0 Å². The molecular weight excluding hydrogens is 458 g/mol. The van der Waals surface area contributed by atoms with E-state index >= 15 is 0 Å². The third-order valence-electron chi connectivity index (χ3n) is 6.24. The highest BCUT2D eigenvalue weighted by Gasteiger charge is 2.26. The van der Waals surface area contributed by atoms with E-state index in [1.807, 2.05) is 54.0 Å². The SMILES string of the molecule is COc1ccc(-n2c(SC(C)C(=O)NC3CCCc4ccccc43)nnc2-c2ccncc2)cc1. The number of nitrogens with zero attached hydrogens (tertiary/aromatic N) is 4. The highest BCUT2D eigenvalue weighted by Crippen LogP contribution is 2.33. The van der Waals surface area contributed by atoms with Gasteiger partial charge in [-0.15, -0.1) is 10.2 Å². The number of carbonyl (C=O) groups excluding carboxylic acids is 1. The molecule has 0 bridgehead atoms. The lowest BCUT2D eigenvalue weighted by atomic mass is 9.88. The van der Waals surface area contributed by atoms with E-state index in [1.165, 1.54) is 22.9 Å². The summed E-state index contributed by atoms with van der Waals surface area (Å²) in [5, 5.41) is 12.5. The second-order valence-corrected chi connectivity index (χ2v) is 9.80. The Morgan fingerprint density at radius 1 is 1.09 bits per heavy atom. The Morgan fingerprint density at radius 3 is 2.63 bits per heavy atom. The van der Waals surface area contributed by atoms with Crippen LogP contribution in [0.3, 0.4) is 0 Å². The third-order valence-corrected chi connectivity index (χ3v) is 7.28. The predicted octanol–water partition coefficient (Wildman–Crippen LogP) is 5.01. The van der Waals surface area contributed by atoms with Crippen LogP contribution in [0.2, 0.25) is 0 Å². The molecule has 0 saturated heterocycles. The van der Waals surface area contributed by atoms with Crippen LogP contribution in [0.4, 0.5) is 0 Å². The Balaban J connectivity index is 1.40. The van der Waals surface area contributed by atoms with Crippen LogP contribution in [0.1, 0.15) is 36.9 Å². The molecule has 8 heteroatoms. The normalized spacial score (nSPS) is 15.8. The minimum atomic E-state index is -0.351. The molecule has 4 aromatic rings. The molecular formula is C27H27N5O2S. The quantitative estimate of drug-likeness (QED) is 0.371. The number of hydrogen-bond acceptors (Lipinski definition) is 6. The van der Waals surface area contributed by atoms with E-state index < -0.39 is 0 Å². The van der Waals surface area contributed by atoms with Crippen molar-refractivity contribution in [2.24, 2.45) is 0 Å². The molecule has 1 aliphatic rings. The van der Waals surface area contributed by atoms with E-state index in [4.69, 9.17) is 4.74 Å². The summed E-state index contributed by atoms with van der Waals surface area (Å²) in [5.41, 5.74) is 4.33. The van der Waals surface area contributed by atoms with Gasteiger partial charge in [-0.25, -0.2) is 0 Å². The number of pyridine rings is 1. The first-order valence-electron chi connectivity index (χ1n) is 11.7. The lowest BCUT2D eigenvalue weighted by Crippen LogP contribution is -2.36. The Morgan fingerprint density at radius 2 is 1.86 bits per heavy atom. The van der Waals surface area contributed by atoms with Gasteiger partial charge in [-0.1, -0.05) is 36.0 Å². The number of ether oxygens (including phenoxy) is 1. The first-order chi connectivity index (χ1) is 17.1. The summed E-state index contributed by atoms with van der Waals surface area (Å²) >= 11 is 1.40. The van der Waals surface area contributed by atoms with E-state index in [0.29, 0.717) is 11.0 Å². The molecule has 1 amide bonds. The summed E-state index contributed by atoms with van der Waals surface area (Å²) in [6.07, 6.45) is 6.55. The first kappa shape index (κ1) is 23.1. The number of benzene rings is 2. The average Bonchev–Trinajstić information content (AvgIpc) is 3.32. The number of thioether (sulfide) groups is 1. The van der Waals surface area contributed by atoms with Gasteiger partial charge in [0.2, 0.25) is 5.91 Å². The lowest BCUT2D eigenvalue weighted by molar-refractivity contribution is -0.121. The van der Waals surface area contributed by atoms with E-state index in [1.54, 1.807) is 19.5 Å². The van der Waals surface area contributed by atoms with Gasteiger partial charge in [0.05, 0.1) is 18.4 Å². The molecule has 2 heterocycles.